The largest absolute Gasteiger partial charge is 0.348 e. The number of carbonyl (C=O) groups is 1. The van der Waals surface area contributed by atoms with Gasteiger partial charge in [0.1, 0.15) is 5.69 Å². The molecule has 0 unspecified atom stereocenters. The molecular weight excluding hydrogens is 230 g/mol. The molecule has 94 valence electrons. The number of H-pyrrole nitrogens is 2. The molecule has 6 heteroatoms. The van der Waals surface area contributed by atoms with Gasteiger partial charge in [0.05, 0.1) is 18.9 Å². The Morgan fingerprint density at radius 2 is 2.17 bits per heavy atom. The van der Waals surface area contributed by atoms with Gasteiger partial charge in [0, 0.05) is 36.8 Å². The third-order valence-electron chi connectivity index (χ3n) is 3.25. The molecular formula is C12H15N5O. The lowest BCUT2D eigenvalue weighted by Gasteiger charge is -2.02. The summed E-state index contributed by atoms with van der Waals surface area (Å²) in [5, 5.41) is 3.38. The normalized spacial score (nSPS) is 22.0. The van der Waals surface area contributed by atoms with Crippen LogP contribution in [0.25, 0.3) is 0 Å². The molecule has 0 bridgehead atoms. The Morgan fingerprint density at radius 1 is 1.33 bits per heavy atom. The van der Waals surface area contributed by atoms with Crippen LogP contribution in [0, 0.1) is 5.92 Å². The lowest BCUT2D eigenvalue weighted by Crippen LogP contribution is -2.23. The Balaban J connectivity index is 1.43. The van der Waals surface area contributed by atoms with Crippen LogP contribution in [0.5, 0.6) is 0 Å². The van der Waals surface area contributed by atoms with Gasteiger partial charge in [0.2, 0.25) is 0 Å². The second-order valence-corrected chi connectivity index (χ2v) is 4.56. The van der Waals surface area contributed by atoms with Crippen LogP contribution in [0.4, 0.5) is 0 Å². The smallest absolute Gasteiger partial charge is 0.185 e. The van der Waals surface area contributed by atoms with E-state index in [4.69, 9.17) is 0 Å². The molecule has 6 nitrogen and oxygen atoms in total. The number of hydrogen-bond acceptors (Lipinski definition) is 4. The Kier molecular flexibility index (Phi) is 2.93. The molecule has 18 heavy (non-hydrogen) atoms. The van der Waals surface area contributed by atoms with Crippen molar-refractivity contribution in [2.45, 2.75) is 18.9 Å². The van der Waals surface area contributed by atoms with Gasteiger partial charge in [0.25, 0.3) is 0 Å². The van der Waals surface area contributed by atoms with Crippen LogP contribution in [-0.2, 0) is 6.42 Å². The number of nitrogens with one attached hydrogen (secondary N) is 3. The van der Waals surface area contributed by atoms with Gasteiger partial charge in [-0.25, -0.2) is 9.97 Å². The van der Waals surface area contributed by atoms with Crippen LogP contribution < -0.4 is 5.32 Å². The molecule has 0 aliphatic heterocycles. The highest BCUT2D eigenvalue weighted by Gasteiger charge is 2.43. The van der Waals surface area contributed by atoms with E-state index in [1.165, 1.54) is 6.33 Å². The zero-order chi connectivity index (χ0) is 12.4. The van der Waals surface area contributed by atoms with Crippen molar-refractivity contribution in [1.82, 2.24) is 25.3 Å². The standard InChI is InChI=1S/C12H15N5O/c18-12(11-5-14-7-17-11)9-3-10(9)15-2-1-8-4-13-6-16-8/h4-7,9-10,15H,1-3H2,(H,13,16)(H,14,17)/t9-,10+/m0/s1. The fraction of sp³-hybridized carbons (Fsp3) is 0.417. The lowest BCUT2D eigenvalue weighted by atomic mass is 10.2. The van der Waals surface area contributed by atoms with Crippen LogP contribution in [0.1, 0.15) is 22.6 Å². The molecule has 2 aromatic rings. The number of Topliss-reactive ketones (excluding diaryl/α,β-unsaturated/α-hetero) is 1. The molecule has 1 saturated carbocycles. The van der Waals surface area contributed by atoms with Crippen molar-refractivity contribution in [1.29, 1.82) is 0 Å². The number of aromatic amines is 2. The van der Waals surface area contributed by atoms with E-state index in [-0.39, 0.29) is 11.7 Å². The molecule has 0 spiro atoms. The zero-order valence-corrected chi connectivity index (χ0v) is 9.89. The summed E-state index contributed by atoms with van der Waals surface area (Å²) in [4.78, 5) is 25.7. The predicted molar refractivity (Wildman–Crippen MR) is 65.1 cm³/mol. The minimum atomic E-state index is 0.104. The van der Waals surface area contributed by atoms with Gasteiger partial charge in [-0.2, -0.15) is 0 Å². The SMILES string of the molecule is O=C(c1cnc[nH]1)[C@H]1C[C@H]1NCCc1cnc[nH]1. The molecule has 1 fully saturated rings. The minimum Gasteiger partial charge on any atom is -0.348 e. The lowest BCUT2D eigenvalue weighted by molar-refractivity contribution is 0.0959. The van der Waals surface area contributed by atoms with E-state index >= 15 is 0 Å². The highest BCUT2D eigenvalue weighted by Crippen LogP contribution is 2.33. The Labute approximate surface area is 104 Å². The van der Waals surface area contributed by atoms with Crippen molar-refractivity contribution in [3.8, 4) is 0 Å². The van der Waals surface area contributed by atoms with Crippen LogP contribution >= 0.6 is 0 Å². The first-order valence-electron chi connectivity index (χ1n) is 6.08. The van der Waals surface area contributed by atoms with Crippen molar-refractivity contribution >= 4 is 5.78 Å². The van der Waals surface area contributed by atoms with E-state index in [1.54, 1.807) is 12.5 Å². The second-order valence-electron chi connectivity index (χ2n) is 4.56. The van der Waals surface area contributed by atoms with Gasteiger partial charge in [-0.05, 0) is 6.42 Å². The minimum absolute atomic E-state index is 0.104. The highest BCUT2D eigenvalue weighted by molar-refractivity contribution is 5.98. The van der Waals surface area contributed by atoms with E-state index in [0.717, 1.165) is 25.1 Å². The summed E-state index contributed by atoms with van der Waals surface area (Å²) in [6, 6.07) is 0.309. The molecule has 2 aromatic heterocycles. The maximum Gasteiger partial charge on any atom is 0.185 e. The fourth-order valence-electron chi connectivity index (χ4n) is 2.11. The van der Waals surface area contributed by atoms with Crippen molar-refractivity contribution in [3.63, 3.8) is 0 Å². The maximum atomic E-state index is 11.9. The van der Waals surface area contributed by atoms with Crippen molar-refractivity contribution < 1.29 is 4.79 Å². The average molecular weight is 245 g/mol. The van der Waals surface area contributed by atoms with Gasteiger partial charge in [-0.3, -0.25) is 4.79 Å². The highest BCUT2D eigenvalue weighted by atomic mass is 16.1. The molecule has 0 radical (unpaired) electrons. The van der Waals surface area contributed by atoms with Crippen molar-refractivity contribution in [2.75, 3.05) is 6.54 Å². The summed E-state index contributed by atoms with van der Waals surface area (Å²) >= 11 is 0. The summed E-state index contributed by atoms with van der Waals surface area (Å²) in [6.45, 7) is 0.861. The van der Waals surface area contributed by atoms with Gasteiger partial charge in [0.15, 0.2) is 5.78 Å². The number of nitrogens with zero attached hydrogens (tertiary/aromatic N) is 2. The maximum absolute atomic E-state index is 11.9. The van der Waals surface area contributed by atoms with Crippen LogP contribution in [0.2, 0.25) is 0 Å². The summed E-state index contributed by atoms with van der Waals surface area (Å²) in [6.07, 6.45) is 8.44. The first-order chi connectivity index (χ1) is 8.84. The van der Waals surface area contributed by atoms with E-state index in [0.29, 0.717) is 11.7 Å². The van der Waals surface area contributed by atoms with Gasteiger partial charge in [-0.1, -0.05) is 0 Å². The third kappa shape index (κ3) is 2.33. The van der Waals surface area contributed by atoms with Gasteiger partial charge in [-0.15, -0.1) is 0 Å². The predicted octanol–water partition coefficient (Wildman–Crippen LogP) is 0.536. The third-order valence-corrected chi connectivity index (χ3v) is 3.25. The molecule has 3 rings (SSSR count). The average Bonchev–Trinajstić information content (AvgIpc) is 2.85. The van der Waals surface area contributed by atoms with E-state index in [2.05, 4.69) is 25.3 Å². The molecule has 3 N–H and O–H groups in total. The monoisotopic (exact) mass is 245 g/mol. The number of aromatic nitrogens is 4. The molecule has 1 aliphatic rings. The molecule has 0 aromatic carbocycles. The van der Waals surface area contributed by atoms with Gasteiger partial charge < -0.3 is 15.3 Å². The summed E-state index contributed by atoms with van der Waals surface area (Å²) in [7, 11) is 0. The Bertz CT molecular complexity index is 505. The number of ketones is 1. The molecule has 2 atom stereocenters. The van der Waals surface area contributed by atoms with E-state index in [1.807, 2.05) is 6.20 Å². The Hall–Kier alpha value is -1.95. The second kappa shape index (κ2) is 4.73. The summed E-state index contributed by atoms with van der Waals surface area (Å²) in [5.74, 6) is 0.263. The summed E-state index contributed by atoms with van der Waals surface area (Å²) < 4.78 is 0. The van der Waals surface area contributed by atoms with Crippen LogP contribution in [-0.4, -0.2) is 38.3 Å². The number of carbonyl (C=O) groups excluding carboxylic acids is 1. The summed E-state index contributed by atoms with van der Waals surface area (Å²) in [5.41, 5.74) is 1.72. The zero-order valence-electron chi connectivity index (χ0n) is 9.89. The van der Waals surface area contributed by atoms with Crippen molar-refractivity contribution in [2.24, 2.45) is 5.92 Å². The number of rotatable bonds is 6. The Morgan fingerprint density at radius 3 is 2.89 bits per heavy atom. The van der Waals surface area contributed by atoms with Gasteiger partial charge >= 0.3 is 0 Å². The first kappa shape index (κ1) is 11.2. The van der Waals surface area contributed by atoms with Crippen molar-refractivity contribution in [3.05, 3.63) is 36.4 Å². The quantitative estimate of drug-likeness (QED) is 0.648. The number of imidazole rings is 2. The molecule has 2 heterocycles. The van der Waals surface area contributed by atoms with E-state index < -0.39 is 0 Å². The number of hydrogen-bond donors (Lipinski definition) is 3. The topological polar surface area (TPSA) is 86.5 Å². The molecule has 0 saturated heterocycles. The van der Waals surface area contributed by atoms with Crippen LogP contribution in [0.3, 0.4) is 0 Å². The molecule has 1 aliphatic carbocycles. The molecule has 0 amide bonds. The fourth-order valence-corrected chi connectivity index (χ4v) is 2.11. The van der Waals surface area contributed by atoms with Crippen LogP contribution in [0.15, 0.2) is 25.0 Å². The van der Waals surface area contributed by atoms with E-state index in [9.17, 15) is 4.79 Å². The first-order valence-corrected chi connectivity index (χ1v) is 6.08.